The molecule has 1 aromatic rings. The van der Waals surface area contributed by atoms with Gasteiger partial charge in [-0.15, -0.1) is 0 Å². The van der Waals surface area contributed by atoms with E-state index in [1.54, 1.807) is 0 Å². The van der Waals surface area contributed by atoms with Crippen LogP contribution in [-0.4, -0.2) is 5.97 Å². The van der Waals surface area contributed by atoms with E-state index in [9.17, 15) is 4.79 Å². The fraction of sp³-hybridized carbons (Fsp3) is 0.214. The van der Waals surface area contributed by atoms with Crippen LogP contribution in [0.15, 0.2) is 49.8 Å². The Bertz CT molecular complexity index is 350. The molecule has 0 radical (unpaired) electrons. The van der Waals surface area contributed by atoms with Crippen LogP contribution < -0.4 is 0 Å². The van der Waals surface area contributed by atoms with Crippen molar-refractivity contribution < 1.29 is 9.53 Å². The molecule has 1 fully saturated rings. The summed E-state index contributed by atoms with van der Waals surface area (Å²) in [5.74, 6) is 0.0630. The average molecular weight is 216 g/mol. The van der Waals surface area contributed by atoms with Crippen LogP contribution in [0.1, 0.15) is 18.4 Å². The first-order chi connectivity index (χ1) is 7.77. The normalized spacial score (nSPS) is 13.0. The molecular weight excluding hydrogens is 200 g/mol. The van der Waals surface area contributed by atoms with Crippen molar-refractivity contribution in [2.24, 2.45) is 5.92 Å². The van der Waals surface area contributed by atoms with Crippen molar-refractivity contribution in [3.63, 3.8) is 0 Å². The molecule has 0 atom stereocenters. The van der Waals surface area contributed by atoms with Gasteiger partial charge in [0.15, 0.2) is 0 Å². The molecule has 1 aromatic carbocycles. The molecule has 1 aliphatic carbocycles. The van der Waals surface area contributed by atoms with Crippen molar-refractivity contribution >= 4 is 12.0 Å². The van der Waals surface area contributed by atoms with Crippen LogP contribution >= 0.6 is 0 Å². The van der Waals surface area contributed by atoms with Gasteiger partial charge in [-0.25, -0.2) is 0 Å². The lowest BCUT2D eigenvalue weighted by molar-refractivity contribution is -0.139. The Balaban J connectivity index is 0.000000160. The highest BCUT2D eigenvalue weighted by atomic mass is 16.5. The predicted octanol–water partition coefficient (Wildman–Crippen LogP) is 3.41. The summed E-state index contributed by atoms with van der Waals surface area (Å²) in [6.45, 7) is 6.90. The predicted molar refractivity (Wildman–Crippen MR) is 65.5 cm³/mol. The second kappa shape index (κ2) is 6.62. The van der Waals surface area contributed by atoms with E-state index in [-0.39, 0.29) is 11.9 Å². The van der Waals surface area contributed by atoms with Crippen LogP contribution in [0.2, 0.25) is 0 Å². The summed E-state index contributed by atoms with van der Waals surface area (Å²) in [6, 6.07) is 10.0. The first kappa shape index (κ1) is 12.2. The third kappa shape index (κ3) is 4.60. The van der Waals surface area contributed by atoms with Crippen molar-refractivity contribution in [1.29, 1.82) is 0 Å². The Morgan fingerprint density at radius 3 is 2.25 bits per heavy atom. The second-order valence-corrected chi connectivity index (χ2v) is 3.49. The number of hydrogen-bond donors (Lipinski definition) is 0. The zero-order valence-electron chi connectivity index (χ0n) is 9.26. The summed E-state index contributed by atoms with van der Waals surface area (Å²) < 4.78 is 4.49. The molecule has 0 N–H and O–H groups in total. The molecule has 2 rings (SSSR count). The van der Waals surface area contributed by atoms with Crippen LogP contribution in [0.25, 0.3) is 6.08 Å². The summed E-state index contributed by atoms with van der Waals surface area (Å²) in [7, 11) is 0. The number of benzene rings is 1. The molecule has 0 amide bonds. The van der Waals surface area contributed by atoms with Crippen LogP contribution in [-0.2, 0) is 9.53 Å². The van der Waals surface area contributed by atoms with E-state index in [0.717, 1.165) is 12.8 Å². The highest BCUT2D eigenvalue weighted by molar-refractivity contribution is 5.75. The van der Waals surface area contributed by atoms with Crippen molar-refractivity contribution in [3.8, 4) is 0 Å². The van der Waals surface area contributed by atoms with E-state index >= 15 is 0 Å². The van der Waals surface area contributed by atoms with E-state index in [2.05, 4.69) is 17.9 Å². The van der Waals surface area contributed by atoms with Gasteiger partial charge in [0.2, 0.25) is 0 Å². The third-order valence-corrected chi connectivity index (χ3v) is 2.15. The molecule has 0 spiro atoms. The van der Waals surface area contributed by atoms with E-state index in [1.165, 1.54) is 11.8 Å². The Labute approximate surface area is 96.2 Å². The van der Waals surface area contributed by atoms with Crippen LogP contribution in [0.5, 0.6) is 0 Å². The van der Waals surface area contributed by atoms with Gasteiger partial charge in [-0.1, -0.05) is 49.6 Å². The Kier molecular flexibility index (Phi) is 5.06. The third-order valence-electron chi connectivity index (χ3n) is 2.15. The largest absolute Gasteiger partial charge is 0.435 e. The van der Waals surface area contributed by atoms with Crippen LogP contribution in [0, 0.1) is 5.92 Å². The Morgan fingerprint density at radius 2 is 1.88 bits per heavy atom. The van der Waals surface area contributed by atoms with Gasteiger partial charge in [0.25, 0.3) is 0 Å². The van der Waals surface area contributed by atoms with Gasteiger partial charge in [0.1, 0.15) is 0 Å². The fourth-order valence-electron chi connectivity index (χ4n) is 1.09. The Morgan fingerprint density at radius 1 is 1.25 bits per heavy atom. The molecular formula is C14H16O2. The maximum Gasteiger partial charge on any atom is 0.313 e. The lowest BCUT2D eigenvalue weighted by atomic mass is 10.2. The molecule has 0 aliphatic heterocycles. The molecule has 0 saturated heterocycles. The average Bonchev–Trinajstić information content (AvgIpc) is 3.15. The molecule has 16 heavy (non-hydrogen) atoms. The quantitative estimate of drug-likeness (QED) is 0.571. The van der Waals surface area contributed by atoms with E-state index in [4.69, 9.17) is 0 Å². The van der Waals surface area contributed by atoms with Gasteiger partial charge in [-0.3, -0.25) is 4.79 Å². The maximum atomic E-state index is 10.5. The SMILES string of the molecule is C=COC(=O)C1CC1.C=Cc1ccccc1. The smallest absolute Gasteiger partial charge is 0.313 e. The number of carbonyl (C=O) groups excluding carboxylic acids is 1. The first-order valence-electron chi connectivity index (χ1n) is 5.26. The van der Waals surface area contributed by atoms with Gasteiger partial charge in [-0.05, 0) is 18.4 Å². The molecule has 0 unspecified atom stereocenters. The summed E-state index contributed by atoms with van der Waals surface area (Å²) >= 11 is 0. The van der Waals surface area contributed by atoms with Gasteiger partial charge in [0, 0.05) is 0 Å². The summed E-state index contributed by atoms with van der Waals surface area (Å²) in [5.41, 5.74) is 1.17. The zero-order valence-corrected chi connectivity index (χ0v) is 9.26. The second-order valence-electron chi connectivity index (χ2n) is 3.49. The van der Waals surface area contributed by atoms with Gasteiger partial charge >= 0.3 is 5.97 Å². The van der Waals surface area contributed by atoms with E-state index < -0.39 is 0 Å². The van der Waals surface area contributed by atoms with Gasteiger partial charge in [-0.2, -0.15) is 0 Å². The summed E-state index contributed by atoms with van der Waals surface area (Å²) in [4.78, 5) is 10.5. The lowest BCUT2D eigenvalue weighted by Crippen LogP contribution is -2.00. The minimum absolute atomic E-state index is 0.125. The molecule has 1 saturated carbocycles. The zero-order chi connectivity index (χ0) is 11.8. The molecule has 84 valence electrons. The van der Waals surface area contributed by atoms with E-state index in [1.807, 2.05) is 36.4 Å². The van der Waals surface area contributed by atoms with Gasteiger partial charge < -0.3 is 4.74 Å². The molecule has 1 aliphatic rings. The lowest BCUT2D eigenvalue weighted by Gasteiger charge is -1.90. The van der Waals surface area contributed by atoms with E-state index in [0.29, 0.717) is 0 Å². The Hall–Kier alpha value is -1.83. The molecule has 2 heteroatoms. The monoisotopic (exact) mass is 216 g/mol. The van der Waals surface area contributed by atoms with Crippen molar-refractivity contribution in [2.75, 3.05) is 0 Å². The minimum Gasteiger partial charge on any atom is -0.435 e. The van der Waals surface area contributed by atoms with Crippen LogP contribution in [0.4, 0.5) is 0 Å². The minimum atomic E-state index is -0.125. The number of ether oxygens (including phenoxy) is 1. The number of rotatable bonds is 3. The fourth-order valence-corrected chi connectivity index (χ4v) is 1.09. The number of hydrogen-bond acceptors (Lipinski definition) is 2. The first-order valence-corrected chi connectivity index (χ1v) is 5.26. The molecule has 0 heterocycles. The molecule has 0 aromatic heterocycles. The van der Waals surface area contributed by atoms with Crippen molar-refractivity contribution in [3.05, 3.63) is 55.3 Å². The molecule has 2 nitrogen and oxygen atoms in total. The van der Waals surface area contributed by atoms with Crippen molar-refractivity contribution in [1.82, 2.24) is 0 Å². The topological polar surface area (TPSA) is 26.3 Å². The van der Waals surface area contributed by atoms with Crippen molar-refractivity contribution in [2.45, 2.75) is 12.8 Å². The summed E-state index contributed by atoms with van der Waals surface area (Å²) in [5, 5.41) is 0. The maximum absolute atomic E-state index is 10.5. The van der Waals surface area contributed by atoms with Gasteiger partial charge in [0.05, 0.1) is 12.2 Å². The highest BCUT2D eigenvalue weighted by Gasteiger charge is 2.30. The summed E-state index contributed by atoms with van der Waals surface area (Å²) in [6.07, 6.45) is 5.00. The number of esters is 1. The highest BCUT2D eigenvalue weighted by Crippen LogP contribution is 2.29. The standard InChI is InChI=1S/C8H8.C6H8O2/c1-2-8-6-4-3-5-7-8;1-2-8-6(7)5-3-4-5/h2-7H,1H2;2,5H,1,3-4H2. The van der Waals surface area contributed by atoms with Crippen LogP contribution in [0.3, 0.4) is 0 Å². The number of carbonyl (C=O) groups is 1. The molecule has 0 bridgehead atoms.